The van der Waals surface area contributed by atoms with E-state index in [9.17, 15) is 5.11 Å². The van der Waals surface area contributed by atoms with Crippen LogP contribution in [-0.4, -0.2) is 44.0 Å². The van der Waals surface area contributed by atoms with Crippen LogP contribution in [0.15, 0.2) is 17.1 Å². The summed E-state index contributed by atoms with van der Waals surface area (Å²) in [4.78, 5) is 4.68. The van der Waals surface area contributed by atoms with Gasteiger partial charge in [-0.25, -0.2) is 4.99 Å². The Balaban J connectivity index is 0.00000392. The van der Waals surface area contributed by atoms with Gasteiger partial charge in [-0.1, -0.05) is 25.4 Å². The normalized spacial score (nSPS) is 13.7. The van der Waals surface area contributed by atoms with Crippen LogP contribution in [0.4, 0.5) is 0 Å². The first-order valence-corrected chi connectivity index (χ1v) is 10.2. The molecule has 8 heteroatoms. The van der Waals surface area contributed by atoms with Crippen molar-refractivity contribution < 1.29 is 14.6 Å². The molecule has 0 saturated carbocycles. The lowest BCUT2D eigenvalue weighted by Crippen LogP contribution is -2.43. The van der Waals surface area contributed by atoms with E-state index in [1.54, 1.807) is 0 Å². The second-order valence-electron chi connectivity index (χ2n) is 6.83. The molecule has 0 aromatic heterocycles. The van der Waals surface area contributed by atoms with Crippen LogP contribution in [0, 0.1) is 5.41 Å². The Kier molecular flexibility index (Phi) is 11.3. The molecule has 0 spiro atoms. The zero-order valence-corrected chi connectivity index (χ0v) is 20.1. The number of fused-ring (bicyclic) bond motifs is 1. The fourth-order valence-corrected chi connectivity index (χ4v) is 3.51. The molecule has 0 radical (unpaired) electrons. The summed E-state index contributed by atoms with van der Waals surface area (Å²) in [5.41, 5.74) is 1.04. The number of aliphatic hydroxyl groups is 1. The molecule has 1 aromatic rings. The summed E-state index contributed by atoms with van der Waals surface area (Å²) >= 11 is 6.31. The van der Waals surface area contributed by atoms with Crippen LogP contribution in [0.25, 0.3) is 0 Å². The number of aliphatic hydroxyl groups excluding tert-OH is 1. The van der Waals surface area contributed by atoms with Gasteiger partial charge in [-0.05, 0) is 49.3 Å². The highest BCUT2D eigenvalue weighted by Crippen LogP contribution is 2.38. The van der Waals surface area contributed by atoms with E-state index >= 15 is 0 Å². The molecule has 0 bridgehead atoms. The second-order valence-corrected chi connectivity index (χ2v) is 7.24. The van der Waals surface area contributed by atoms with Crippen molar-refractivity contribution in [2.75, 3.05) is 32.9 Å². The molecule has 3 N–H and O–H groups in total. The van der Waals surface area contributed by atoms with Crippen LogP contribution in [0.3, 0.4) is 0 Å². The van der Waals surface area contributed by atoms with Crippen molar-refractivity contribution in [3.8, 4) is 11.5 Å². The summed E-state index contributed by atoms with van der Waals surface area (Å²) in [5.74, 6) is 2.05. The molecule has 0 atom stereocenters. The summed E-state index contributed by atoms with van der Waals surface area (Å²) < 4.78 is 11.2. The van der Waals surface area contributed by atoms with Gasteiger partial charge in [0.05, 0.1) is 11.6 Å². The third kappa shape index (κ3) is 6.84. The summed E-state index contributed by atoms with van der Waals surface area (Å²) in [6, 6.07) is 3.80. The average molecular weight is 526 g/mol. The van der Waals surface area contributed by atoms with Gasteiger partial charge in [0.15, 0.2) is 17.5 Å². The van der Waals surface area contributed by atoms with Crippen LogP contribution in [0.1, 0.15) is 45.6 Å². The molecule has 1 aliphatic rings. The molecule has 2 rings (SSSR count). The molecule has 0 amide bonds. The van der Waals surface area contributed by atoms with Crippen molar-refractivity contribution in [1.29, 1.82) is 0 Å². The van der Waals surface area contributed by atoms with Crippen molar-refractivity contribution >= 4 is 41.5 Å². The van der Waals surface area contributed by atoms with Gasteiger partial charge in [0.25, 0.3) is 0 Å². The van der Waals surface area contributed by atoms with Crippen molar-refractivity contribution in [3.05, 3.63) is 22.7 Å². The number of aliphatic imine (C=N–C) groups is 1. The average Bonchev–Trinajstić information content (AvgIpc) is 2.69. The SMILES string of the molecule is CCNC(=NCc1cc(Cl)c2c(c1)OCCO2)NCC(CC)(CC)CCO.I. The monoisotopic (exact) mass is 525 g/mol. The van der Waals surface area contributed by atoms with Gasteiger partial charge in [0.2, 0.25) is 0 Å². The van der Waals surface area contributed by atoms with Gasteiger partial charge < -0.3 is 25.2 Å². The van der Waals surface area contributed by atoms with E-state index < -0.39 is 0 Å². The molecule has 28 heavy (non-hydrogen) atoms. The fraction of sp³-hybridized carbons (Fsp3) is 0.650. The predicted octanol–water partition coefficient (Wildman–Crippen LogP) is 3.97. The van der Waals surface area contributed by atoms with Crippen LogP contribution < -0.4 is 20.1 Å². The van der Waals surface area contributed by atoms with Gasteiger partial charge in [-0.3, -0.25) is 0 Å². The highest BCUT2D eigenvalue weighted by Gasteiger charge is 2.25. The van der Waals surface area contributed by atoms with Gasteiger partial charge in [0.1, 0.15) is 13.2 Å². The quantitative estimate of drug-likeness (QED) is 0.258. The largest absolute Gasteiger partial charge is 0.486 e. The molecule has 6 nitrogen and oxygen atoms in total. The first kappa shape index (κ1) is 25.1. The highest BCUT2D eigenvalue weighted by atomic mass is 127. The topological polar surface area (TPSA) is 75.1 Å². The maximum Gasteiger partial charge on any atom is 0.191 e. The van der Waals surface area contributed by atoms with E-state index in [0.29, 0.717) is 36.3 Å². The Morgan fingerprint density at radius 2 is 1.89 bits per heavy atom. The molecule has 0 fully saturated rings. The van der Waals surface area contributed by atoms with Gasteiger partial charge >= 0.3 is 0 Å². The molecule has 1 aliphatic heterocycles. The Morgan fingerprint density at radius 3 is 2.54 bits per heavy atom. The molecular formula is C20H33ClIN3O3. The lowest BCUT2D eigenvalue weighted by molar-refractivity contribution is 0.169. The Morgan fingerprint density at radius 1 is 1.18 bits per heavy atom. The number of ether oxygens (including phenoxy) is 2. The van der Waals surface area contributed by atoms with E-state index in [4.69, 9.17) is 21.1 Å². The third-order valence-electron chi connectivity index (χ3n) is 5.19. The molecule has 0 unspecified atom stereocenters. The minimum Gasteiger partial charge on any atom is -0.486 e. The van der Waals surface area contributed by atoms with E-state index in [1.807, 2.05) is 19.1 Å². The maximum atomic E-state index is 9.40. The van der Waals surface area contributed by atoms with E-state index in [2.05, 4.69) is 29.5 Å². The van der Waals surface area contributed by atoms with E-state index in [0.717, 1.165) is 43.9 Å². The number of rotatable bonds is 9. The van der Waals surface area contributed by atoms with Gasteiger partial charge in [-0.15, -0.1) is 24.0 Å². The molecule has 1 heterocycles. The van der Waals surface area contributed by atoms with Crippen molar-refractivity contribution in [2.24, 2.45) is 10.4 Å². The molecule has 0 saturated heterocycles. The number of benzene rings is 1. The van der Waals surface area contributed by atoms with Gasteiger partial charge in [0, 0.05) is 19.7 Å². The third-order valence-corrected chi connectivity index (χ3v) is 5.47. The lowest BCUT2D eigenvalue weighted by atomic mass is 9.79. The van der Waals surface area contributed by atoms with Crippen LogP contribution in [0.5, 0.6) is 11.5 Å². The Bertz CT molecular complexity index is 639. The molecule has 1 aromatic carbocycles. The van der Waals surface area contributed by atoms with Crippen LogP contribution in [-0.2, 0) is 6.54 Å². The number of hydrogen-bond acceptors (Lipinski definition) is 4. The minimum absolute atomic E-state index is 0. The van der Waals surface area contributed by atoms with Crippen molar-refractivity contribution in [3.63, 3.8) is 0 Å². The number of halogens is 2. The number of nitrogens with zero attached hydrogens (tertiary/aromatic N) is 1. The summed E-state index contributed by atoms with van der Waals surface area (Å²) in [6.45, 7) is 9.66. The number of nitrogens with one attached hydrogen (secondary N) is 2. The zero-order chi connectivity index (χ0) is 19.7. The number of hydrogen-bond donors (Lipinski definition) is 3. The Hall–Kier alpha value is -0.930. The lowest BCUT2D eigenvalue weighted by Gasteiger charge is -2.32. The second kappa shape index (κ2) is 12.6. The number of guanidine groups is 1. The highest BCUT2D eigenvalue weighted by molar-refractivity contribution is 14.0. The van der Waals surface area contributed by atoms with Crippen LogP contribution >= 0.6 is 35.6 Å². The predicted molar refractivity (Wildman–Crippen MR) is 125 cm³/mol. The molecular weight excluding hydrogens is 493 g/mol. The van der Waals surface area contributed by atoms with Crippen molar-refractivity contribution in [2.45, 2.75) is 46.6 Å². The van der Waals surface area contributed by atoms with Crippen molar-refractivity contribution in [1.82, 2.24) is 10.6 Å². The first-order chi connectivity index (χ1) is 13.1. The van der Waals surface area contributed by atoms with E-state index in [-0.39, 0.29) is 36.0 Å². The van der Waals surface area contributed by atoms with Crippen LogP contribution in [0.2, 0.25) is 5.02 Å². The standard InChI is InChI=1S/C20H32ClN3O3.HI/c1-4-20(5-2,7-8-25)14-24-19(22-6-3)23-13-15-11-16(21)18-17(12-15)26-9-10-27-18;/h11-12,25H,4-10,13-14H2,1-3H3,(H2,22,23,24);1H. The summed E-state index contributed by atoms with van der Waals surface area (Å²) in [7, 11) is 0. The van der Waals surface area contributed by atoms with Gasteiger partial charge in [-0.2, -0.15) is 0 Å². The molecule has 160 valence electrons. The summed E-state index contributed by atoms with van der Waals surface area (Å²) in [6.07, 6.45) is 2.80. The Labute approximate surface area is 190 Å². The maximum absolute atomic E-state index is 9.40. The fourth-order valence-electron chi connectivity index (χ4n) is 3.22. The smallest absolute Gasteiger partial charge is 0.191 e. The summed E-state index contributed by atoms with van der Waals surface area (Å²) in [5, 5.41) is 16.7. The molecule has 0 aliphatic carbocycles. The van der Waals surface area contributed by atoms with E-state index in [1.165, 1.54) is 0 Å². The minimum atomic E-state index is 0. The first-order valence-electron chi connectivity index (χ1n) is 9.78. The zero-order valence-electron chi connectivity index (χ0n) is 17.0.